The van der Waals surface area contributed by atoms with Gasteiger partial charge < -0.3 is 19.1 Å². The lowest BCUT2D eigenvalue weighted by Gasteiger charge is -2.37. The van der Waals surface area contributed by atoms with Crippen LogP contribution in [0.15, 0.2) is 17.1 Å². The zero-order valence-corrected chi connectivity index (χ0v) is 18.8. The van der Waals surface area contributed by atoms with Crippen LogP contribution in [0.3, 0.4) is 0 Å². The Morgan fingerprint density at radius 3 is 2.72 bits per heavy atom. The number of carbonyl (C=O) groups is 1. The number of pyridine rings is 1. The molecule has 32 heavy (non-hydrogen) atoms. The molecule has 0 aliphatic carbocycles. The van der Waals surface area contributed by atoms with Crippen molar-refractivity contribution >= 4 is 39.0 Å². The maximum atomic E-state index is 15.4. The highest BCUT2D eigenvalue weighted by molar-refractivity contribution is 7.15. The number of ether oxygens (including phenoxy) is 1. The molecule has 0 saturated carbocycles. The summed E-state index contributed by atoms with van der Waals surface area (Å²) in [6.45, 7) is 6.96. The van der Waals surface area contributed by atoms with Crippen LogP contribution in [-0.4, -0.2) is 65.4 Å². The zero-order valence-electron chi connectivity index (χ0n) is 18.0. The first-order valence-corrected chi connectivity index (χ1v) is 11.2. The third-order valence-electron chi connectivity index (χ3n) is 5.95. The Morgan fingerprint density at radius 1 is 1.28 bits per heavy atom. The van der Waals surface area contributed by atoms with Crippen molar-refractivity contribution in [3.05, 3.63) is 38.9 Å². The van der Waals surface area contributed by atoms with Crippen LogP contribution in [0.5, 0.6) is 5.75 Å². The van der Waals surface area contributed by atoms with Gasteiger partial charge in [0.05, 0.1) is 16.9 Å². The van der Waals surface area contributed by atoms with Crippen molar-refractivity contribution in [1.82, 2.24) is 19.7 Å². The van der Waals surface area contributed by atoms with Gasteiger partial charge in [-0.25, -0.2) is 4.39 Å². The van der Waals surface area contributed by atoms with Gasteiger partial charge in [0.25, 0.3) is 5.91 Å². The number of rotatable bonds is 3. The maximum absolute atomic E-state index is 15.4. The topological polar surface area (TPSA) is 92.6 Å². The lowest BCUT2D eigenvalue weighted by atomic mass is 10.0. The van der Waals surface area contributed by atoms with Crippen molar-refractivity contribution in [3.63, 3.8) is 0 Å². The highest BCUT2D eigenvalue weighted by atomic mass is 32.1. The highest BCUT2D eigenvalue weighted by Crippen LogP contribution is 2.42. The minimum atomic E-state index is -0.597. The molecule has 0 bridgehead atoms. The lowest BCUT2D eigenvalue weighted by Crippen LogP contribution is -2.45. The van der Waals surface area contributed by atoms with Crippen LogP contribution >= 0.6 is 11.3 Å². The first kappa shape index (κ1) is 20.8. The fourth-order valence-corrected chi connectivity index (χ4v) is 4.80. The molecule has 1 N–H and O–H groups in total. The summed E-state index contributed by atoms with van der Waals surface area (Å²) in [5.41, 5.74) is 0.286. The molecule has 2 aliphatic heterocycles. The summed E-state index contributed by atoms with van der Waals surface area (Å²) < 4.78 is 23.2. The predicted octanol–water partition coefficient (Wildman–Crippen LogP) is 2.26. The minimum Gasteiger partial charge on any atom is -0.487 e. The molecule has 2 aliphatic rings. The van der Waals surface area contributed by atoms with Crippen molar-refractivity contribution in [2.75, 3.05) is 50.1 Å². The van der Waals surface area contributed by atoms with E-state index in [0.717, 1.165) is 13.1 Å². The standard InChI is InChI=1S/C21H23FN6O3S/c1-11-10-31-19-16-13(8-15(22)17(19)27-6-4-26(3)5-7-27)18(29)14(9-28(11)16)20(30)23-21-25-24-12(2)32-21/h8-9,11H,4-7,10H2,1-3H3,(H,23,25,30)/t11-/m0/s1. The van der Waals surface area contributed by atoms with Crippen molar-refractivity contribution in [1.29, 1.82) is 0 Å². The van der Waals surface area contributed by atoms with E-state index in [4.69, 9.17) is 4.74 Å². The summed E-state index contributed by atoms with van der Waals surface area (Å²) in [5, 5.41) is 11.5. The second kappa shape index (κ2) is 7.82. The summed E-state index contributed by atoms with van der Waals surface area (Å²) in [4.78, 5) is 30.3. The molecular formula is C21H23FN6O3S. The first-order chi connectivity index (χ1) is 15.3. The summed E-state index contributed by atoms with van der Waals surface area (Å²) in [7, 11) is 2.03. The van der Waals surface area contributed by atoms with Crippen LogP contribution in [0.1, 0.15) is 28.3 Å². The maximum Gasteiger partial charge on any atom is 0.262 e. The fraction of sp³-hybridized carbons (Fsp3) is 0.429. The van der Waals surface area contributed by atoms with Crippen LogP contribution in [0, 0.1) is 12.7 Å². The molecule has 1 amide bonds. The average Bonchev–Trinajstić information content (AvgIpc) is 3.17. The van der Waals surface area contributed by atoms with E-state index >= 15 is 4.39 Å². The lowest BCUT2D eigenvalue weighted by molar-refractivity contribution is 0.102. The number of aromatic nitrogens is 3. The number of nitrogens with zero attached hydrogens (tertiary/aromatic N) is 5. The molecule has 2 aromatic heterocycles. The number of aryl methyl sites for hydroxylation is 1. The third-order valence-corrected chi connectivity index (χ3v) is 6.71. The van der Waals surface area contributed by atoms with Gasteiger partial charge in [-0.15, -0.1) is 10.2 Å². The van der Waals surface area contributed by atoms with E-state index in [2.05, 4.69) is 20.4 Å². The Balaban J connectivity index is 1.65. The molecule has 0 spiro atoms. The number of hydrogen-bond donors (Lipinski definition) is 1. The van der Waals surface area contributed by atoms with Crippen LogP contribution in [0.2, 0.25) is 0 Å². The van der Waals surface area contributed by atoms with Gasteiger partial charge in [0.2, 0.25) is 10.6 Å². The monoisotopic (exact) mass is 458 g/mol. The molecule has 1 aromatic carbocycles. The summed E-state index contributed by atoms with van der Waals surface area (Å²) in [6.07, 6.45) is 1.54. The number of hydrogen-bond acceptors (Lipinski definition) is 8. The van der Waals surface area contributed by atoms with E-state index in [1.807, 2.05) is 23.4 Å². The molecule has 9 nitrogen and oxygen atoms in total. The summed E-state index contributed by atoms with van der Waals surface area (Å²) in [5.74, 6) is -0.750. The Bertz CT molecular complexity index is 1280. The van der Waals surface area contributed by atoms with Gasteiger partial charge in [-0.05, 0) is 27.0 Å². The van der Waals surface area contributed by atoms with Crippen molar-refractivity contribution < 1.29 is 13.9 Å². The number of anilines is 2. The fourth-order valence-electron chi connectivity index (χ4n) is 4.21. The quantitative estimate of drug-likeness (QED) is 0.644. The molecule has 0 radical (unpaired) electrons. The normalized spacial score (nSPS) is 18.6. The van der Waals surface area contributed by atoms with Gasteiger partial charge in [0, 0.05) is 32.4 Å². The number of nitrogens with one attached hydrogen (secondary N) is 1. The number of halogens is 1. The number of amides is 1. The van der Waals surface area contributed by atoms with E-state index in [1.54, 1.807) is 6.92 Å². The smallest absolute Gasteiger partial charge is 0.262 e. The SMILES string of the molecule is Cc1nnc(NC(=O)c2cn3c4c(c(N5CCN(C)CC5)c(F)cc4c2=O)OC[C@@H]3C)s1. The largest absolute Gasteiger partial charge is 0.487 e. The Morgan fingerprint density at radius 2 is 2.03 bits per heavy atom. The van der Waals surface area contributed by atoms with E-state index in [0.29, 0.717) is 46.8 Å². The van der Waals surface area contributed by atoms with E-state index in [1.165, 1.54) is 23.6 Å². The molecule has 168 valence electrons. The Hall–Kier alpha value is -3.05. The van der Waals surface area contributed by atoms with Crippen molar-refractivity contribution in [2.24, 2.45) is 0 Å². The number of likely N-dealkylation sites (N-methyl/N-ethyl adjacent to an activating group) is 1. The number of carbonyl (C=O) groups excluding carboxylic acids is 1. The van der Waals surface area contributed by atoms with Crippen LogP contribution in [0.4, 0.5) is 15.2 Å². The second-order valence-corrected chi connectivity index (χ2v) is 9.42. The minimum absolute atomic E-state index is 0.0724. The molecule has 4 heterocycles. The predicted molar refractivity (Wildman–Crippen MR) is 121 cm³/mol. The van der Waals surface area contributed by atoms with Crippen LogP contribution in [0.25, 0.3) is 10.9 Å². The van der Waals surface area contributed by atoms with Crippen molar-refractivity contribution in [2.45, 2.75) is 19.9 Å². The van der Waals surface area contributed by atoms with Gasteiger partial charge in [-0.2, -0.15) is 0 Å². The Labute approximate surface area is 187 Å². The number of piperazine rings is 1. The average molecular weight is 459 g/mol. The van der Waals surface area contributed by atoms with Gasteiger partial charge in [0.15, 0.2) is 11.6 Å². The first-order valence-electron chi connectivity index (χ1n) is 10.4. The number of benzene rings is 1. The summed E-state index contributed by atoms with van der Waals surface area (Å²) >= 11 is 1.21. The van der Waals surface area contributed by atoms with Crippen molar-refractivity contribution in [3.8, 4) is 5.75 Å². The molecule has 1 atom stereocenters. The van der Waals surface area contributed by atoms with Gasteiger partial charge in [-0.3, -0.25) is 14.9 Å². The molecule has 0 unspecified atom stereocenters. The van der Waals surface area contributed by atoms with E-state index in [-0.39, 0.29) is 17.0 Å². The van der Waals surface area contributed by atoms with E-state index in [9.17, 15) is 9.59 Å². The third kappa shape index (κ3) is 3.41. The van der Waals surface area contributed by atoms with Crippen LogP contribution in [-0.2, 0) is 0 Å². The van der Waals surface area contributed by atoms with Crippen LogP contribution < -0.4 is 20.4 Å². The van der Waals surface area contributed by atoms with E-state index < -0.39 is 17.2 Å². The molecule has 1 saturated heterocycles. The molecular weight excluding hydrogens is 435 g/mol. The van der Waals surface area contributed by atoms with Gasteiger partial charge in [-0.1, -0.05) is 11.3 Å². The summed E-state index contributed by atoms with van der Waals surface area (Å²) in [6, 6.07) is 1.10. The highest BCUT2D eigenvalue weighted by Gasteiger charge is 2.31. The second-order valence-electron chi connectivity index (χ2n) is 8.24. The van der Waals surface area contributed by atoms with Gasteiger partial charge >= 0.3 is 0 Å². The molecule has 1 fully saturated rings. The van der Waals surface area contributed by atoms with Gasteiger partial charge in [0.1, 0.15) is 22.9 Å². The zero-order chi connectivity index (χ0) is 22.6. The molecule has 11 heteroatoms. The molecule has 3 aromatic rings. The Kier molecular flexibility index (Phi) is 5.09. The molecule has 5 rings (SSSR count).